The molecule has 100 valence electrons. The summed E-state index contributed by atoms with van der Waals surface area (Å²) >= 11 is 0. The number of carbonyl (C=O) groups excluding carboxylic acids is 2. The topological polar surface area (TPSA) is 58.9 Å². The third kappa shape index (κ3) is 6.48. The van der Waals surface area contributed by atoms with E-state index in [1.54, 1.807) is 12.2 Å². The monoisotopic (exact) mass is 250 g/mol. The molecule has 4 heteroatoms. The normalized spacial score (nSPS) is 22.9. The zero-order valence-corrected chi connectivity index (χ0v) is 10.9. The molecule has 0 radical (unpaired) electrons. The fourth-order valence-corrected chi connectivity index (χ4v) is 2.94. The average Bonchev–Trinajstić information content (AvgIpc) is 2.40. The van der Waals surface area contributed by atoms with Crippen LogP contribution >= 0.6 is 0 Å². The van der Waals surface area contributed by atoms with Gasteiger partial charge in [0.05, 0.1) is 13.1 Å². The third-order valence-electron chi connectivity index (χ3n) is 3.79. The second kappa shape index (κ2) is 9.76. The minimum Gasteiger partial charge on any atom is -0.211 e. The van der Waals surface area contributed by atoms with Gasteiger partial charge >= 0.3 is 0 Å². The van der Waals surface area contributed by atoms with Crippen LogP contribution in [-0.4, -0.2) is 25.2 Å². The lowest BCUT2D eigenvalue weighted by molar-refractivity contribution is 0.239. The van der Waals surface area contributed by atoms with Crippen LogP contribution in [0.5, 0.6) is 0 Å². The molecule has 18 heavy (non-hydrogen) atoms. The number of hydrogen-bond donors (Lipinski definition) is 0. The minimum absolute atomic E-state index is 0.624. The van der Waals surface area contributed by atoms with Gasteiger partial charge in [-0.25, -0.2) is 19.6 Å². The highest BCUT2D eigenvalue weighted by molar-refractivity contribution is 5.32. The van der Waals surface area contributed by atoms with Gasteiger partial charge in [-0.1, -0.05) is 19.3 Å². The maximum atomic E-state index is 9.95. The average molecular weight is 250 g/mol. The van der Waals surface area contributed by atoms with E-state index in [1.165, 1.54) is 38.5 Å². The van der Waals surface area contributed by atoms with Crippen molar-refractivity contribution in [2.45, 2.75) is 51.4 Å². The number of aliphatic imine (C=N–C) groups is 2. The predicted molar refractivity (Wildman–Crippen MR) is 69.9 cm³/mol. The van der Waals surface area contributed by atoms with Crippen molar-refractivity contribution in [3.8, 4) is 0 Å². The van der Waals surface area contributed by atoms with Crippen LogP contribution in [0.2, 0.25) is 0 Å². The highest BCUT2D eigenvalue weighted by Gasteiger charge is 2.21. The van der Waals surface area contributed by atoms with Crippen molar-refractivity contribution in [1.29, 1.82) is 0 Å². The zero-order valence-electron chi connectivity index (χ0n) is 10.9. The number of nitrogens with zero attached hydrogens (tertiary/aromatic N) is 2. The minimum atomic E-state index is 0.624. The summed E-state index contributed by atoms with van der Waals surface area (Å²) in [5.74, 6) is 1.58. The third-order valence-corrected chi connectivity index (χ3v) is 3.79. The Morgan fingerprint density at radius 1 is 0.889 bits per heavy atom. The van der Waals surface area contributed by atoms with E-state index in [2.05, 4.69) is 9.98 Å². The maximum absolute atomic E-state index is 9.95. The largest absolute Gasteiger partial charge is 0.234 e. The van der Waals surface area contributed by atoms with Gasteiger partial charge in [-0.05, 0) is 43.9 Å². The molecule has 0 aliphatic heterocycles. The van der Waals surface area contributed by atoms with E-state index in [1.807, 2.05) is 0 Å². The first kappa shape index (κ1) is 14.8. The van der Waals surface area contributed by atoms with Crippen molar-refractivity contribution in [3.05, 3.63) is 0 Å². The molecule has 0 aromatic rings. The Bertz CT molecular complexity index is 288. The van der Waals surface area contributed by atoms with Gasteiger partial charge in [-0.15, -0.1) is 0 Å². The summed E-state index contributed by atoms with van der Waals surface area (Å²) in [6, 6.07) is 0. The molecule has 0 amide bonds. The Labute approximate surface area is 109 Å². The molecule has 0 aromatic heterocycles. The number of rotatable bonds is 8. The van der Waals surface area contributed by atoms with Crippen LogP contribution < -0.4 is 0 Å². The van der Waals surface area contributed by atoms with Crippen LogP contribution in [0.15, 0.2) is 9.98 Å². The van der Waals surface area contributed by atoms with E-state index in [0.717, 1.165) is 24.7 Å². The van der Waals surface area contributed by atoms with Crippen LogP contribution in [0.1, 0.15) is 51.4 Å². The van der Waals surface area contributed by atoms with Crippen LogP contribution in [0.25, 0.3) is 0 Å². The van der Waals surface area contributed by atoms with Crippen LogP contribution in [0.3, 0.4) is 0 Å². The molecule has 4 nitrogen and oxygen atoms in total. The van der Waals surface area contributed by atoms with Crippen molar-refractivity contribution in [2.24, 2.45) is 21.8 Å². The molecule has 0 bridgehead atoms. The summed E-state index contributed by atoms with van der Waals surface area (Å²) in [6.07, 6.45) is 12.8. The van der Waals surface area contributed by atoms with E-state index in [9.17, 15) is 9.59 Å². The smallest absolute Gasteiger partial charge is 0.211 e. The SMILES string of the molecule is O=C=NCCCC1CCCC(CCCN=C=O)C1. The summed E-state index contributed by atoms with van der Waals surface area (Å²) in [5, 5.41) is 0. The van der Waals surface area contributed by atoms with Crippen molar-refractivity contribution in [2.75, 3.05) is 13.1 Å². The van der Waals surface area contributed by atoms with E-state index in [-0.39, 0.29) is 0 Å². The molecule has 1 saturated carbocycles. The molecule has 0 N–H and O–H groups in total. The second-order valence-corrected chi connectivity index (χ2v) is 5.13. The Kier molecular flexibility index (Phi) is 8.03. The summed E-state index contributed by atoms with van der Waals surface area (Å²) in [6.45, 7) is 1.25. The first-order valence-corrected chi connectivity index (χ1v) is 6.94. The Morgan fingerprint density at radius 3 is 1.83 bits per heavy atom. The number of hydrogen-bond acceptors (Lipinski definition) is 4. The zero-order chi connectivity index (χ0) is 13.1. The van der Waals surface area contributed by atoms with Crippen molar-refractivity contribution in [1.82, 2.24) is 0 Å². The predicted octanol–water partition coefficient (Wildman–Crippen LogP) is 3.02. The maximum Gasteiger partial charge on any atom is 0.234 e. The fourth-order valence-electron chi connectivity index (χ4n) is 2.94. The van der Waals surface area contributed by atoms with Crippen LogP contribution in [0, 0.1) is 11.8 Å². The van der Waals surface area contributed by atoms with Gasteiger partial charge in [0, 0.05) is 0 Å². The lowest BCUT2D eigenvalue weighted by Crippen LogP contribution is -2.16. The van der Waals surface area contributed by atoms with Gasteiger partial charge in [-0.2, -0.15) is 0 Å². The van der Waals surface area contributed by atoms with Gasteiger partial charge in [0.25, 0.3) is 0 Å². The molecule has 0 heterocycles. The van der Waals surface area contributed by atoms with Gasteiger partial charge < -0.3 is 0 Å². The van der Waals surface area contributed by atoms with Crippen molar-refractivity contribution < 1.29 is 9.59 Å². The van der Waals surface area contributed by atoms with E-state index in [4.69, 9.17) is 0 Å². The lowest BCUT2D eigenvalue weighted by Gasteiger charge is -2.29. The molecule has 1 aliphatic rings. The standard InChI is InChI=1S/C14H22N2O2/c17-11-15-8-2-6-13-4-1-5-14(10-13)7-3-9-16-12-18/h13-14H,1-10H2. The Balaban J connectivity index is 2.15. The van der Waals surface area contributed by atoms with Gasteiger partial charge in [0.2, 0.25) is 12.2 Å². The lowest BCUT2D eigenvalue weighted by atomic mass is 9.77. The quantitative estimate of drug-likeness (QED) is 0.377. The van der Waals surface area contributed by atoms with Crippen LogP contribution in [0.4, 0.5) is 0 Å². The molecule has 1 fully saturated rings. The van der Waals surface area contributed by atoms with Crippen molar-refractivity contribution in [3.63, 3.8) is 0 Å². The van der Waals surface area contributed by atoms with Crippen molar-refractivity contribution >= 4 is 12.2 Å². The first-order valence-electron chi connectivity index (χ1n) is 6.94. The highest BCUT2D eigenvalue weighted by atomic mass is 16.1. The van der Waals surface area contributed by atoms with Crippen LogP contribution in [-0.2, 0) is 9.59 Å². The molecule has 0 saturated heterocycles. The molecular weight excluding hydrogens is 228 g/mol. The second-order valence-electron chi connectivity index (χ2n) is 5.13. The molecule has 2 atom stereocenters. The molecular formula is C14H22N2O2. The van der Waals surface area contributed by atoms with E-state index in [0.29, 0.717) is 13.1 Å². The van der Waals surface area contributed by atoms with Gasteiger partial charge in [-0.3, -0.25) is 0 Å². The molecule has 1 rings (SSSR count). The summed E-state index contributed by atoms with van der Waals surface area (Å²) in [4.78, 5) is 27.1. The Hall–Kier alpha value is -1.24. The summed E-state index contributed by atoms with van der Waals surface area (Å²) < 4.78 is 0. The van der Waals surface area contributed by atoms with E-state index < -0.39 is 0 Å². The molecule has 0 aromatic carbocycles. The first-order chi connectivity index (χ1) is 8.86. The van der Waals surface area contributed by atoms with Gasteiger partial charge in [0.1, 0.15) is 0 Å². The molecule has 2 unspecified atom stereocenters. The Morgan fingerprint density at radius 2 is 1.39 bits per heavy atom. The fraction of sp³-hybridized carbons (Fsp3) is 0.857. The number of isocyanates is 2. The summed E-state index contributed by atoms with van der Waals surface area (Å²) in [5.41, 5.74) is 0. The summed E-state index contributed by atoms with van der Waals surface area (Å²) in [7, 11) is 0. The van der Waals surface area contributed by atoms with Gasteiger partial charge in [0.15, 0.2) is 0 Å². The molecule has 0 spiro atoms. The highest BCUT2D eigenvalue weighted by Crippen LogP contribution is 2.34. The molecule has 1 aliphatic carbocycles. The van der Waals surface area contributed by atoms with E-state index >= 15 is 0 Å².